The molecule has 168 valence electrons. The summed E-state index contributed by atoms with van der Waals surface area (Å²) in [6.07, 6.45) is 0. The molecule has 1 N–H and O–H groups in total. The first-order chi connectivity index (χ1) is 15.3. The van der Waals surface area contributed by atoms with E-state index < -0.39 is 17.4 Å². The molecule has 1 amide bonds. The van der Waals surface area contributed by atoms with Gasteiger partial charge in [-0.2, -0.15) is 8.78 Å². The van der Waals surface area contributed by atoms with Gasteiger partial charge in [-0.25, -0.2) is 0 Å². The molecule has 0 aliphatic rings. The van der Waals surface area contributed by atoms with Crippen LogP contribution in [0.5, 0.6) is 17.2 Å². The van der Waals surface area contributed by atoms with Gasteiger partial charge in [-0.15, -0.1) is 0 Å². The summed E-state index contributed by atoms with van der Waals surface area (Å²) < 4.78 is 45.0. The number of carbonyl (C=O) groups is 1. The van der Waals surface area contributed by atoms with E-state index in [1.807, 2.05) is 0 Å². The Morgan fingerprint density at radius 2 is 1.91 bits per heavy atom. The predicted molar refractivity (Wildman–Crippen MR) is 109 cm³/mol. The summed E-state index contributed by atoms with van der Waals surface area (Å²) in [5.41, 5.74) is 0.0880. The fourth-order valence-corrected chi connectivity index (χ4v) is 2.81. The van der Waals surface area contributed by atoms with E-state index in [0.717, 1.165) is 6.07 Å². The van der Waals surface area contributed by atoms with E-state index in [2.05, 4.69) is 10.1 Å². The normalized spacial score (nSPS) is 10.7. The summed E-state index contributed by atoms with van der Waals surface area (Å²) in [5.74, 6) is -0.306. The van der Waals surface area contributed by atoms with Crippen LogP contribution >= 0.6 is 11.6 Å². The number of benzene rings is 2. The highest BCUT2D eigenvalue weighted by atomic mass is 35.5. The van der Waals surface area contributed by atoms with Crippen molar-refractivity contribution >= 4 is 28.9 Å². The Kier molecular flexibility index (Phi) is 7.11. The maximum absolute atomic E-state index is 12.4. The number of nitrogens with zero attached hydrogens (tertiary/aromatic N) is 1. The largest absolute Gasteiger partial charge is 0.493 e. The molecular weight excluding hydrogens is 454 g/mol. The SMILES string of the molecule is COc1cc(NC(=O)c2ccc(COc3ccc([N+](=O)[O-])cc3Cl)o2)ccc1OC(F)F. The van der Waals surface area contributed by atoms with Crippen molar-refractivity contribution in [2.24, 2.45) is 0 Å². The van der Waals surface area contributed by atoms with Gasteiger partial charge in [0.2, 0.25) is 0 Å². The van der Waals surface area contributed by atoms with E-state index in [1.54, 1.807) is 0 Å². The Labute approximate surface area is 184 Å². The molecule has 1 aromatic heterocycles. The van der Waals surface area contributed by atoms with Gasteiger partial charge < -0.3 is 23.9 Å². The van der Waals surface area contributed by atoms with Crippen molar-refractivity contribution in [2.45, 2.75) is 13.2 Å². The Hall–Kier alpha value is -3.86. The maximum Gasteiger partial charge on any atom is 0.387 e. The average molecular weight is 469 g/mol. The number of hydrogen-bond acceptors (Lipinski definition) is 7. The second kappa shape index (κ2) is 9.96. The predicted octanol–water partition coefficient (Wildman–Crippen LogP) is 5.28. The first-order valence-corrected chi connectivity index (χ1v) is 9.24. The van der Waals surface area contributed by atoms with Crippen LogP contribution in [0, 0.1) is 10.1 Å². The lowest BCUT2D eigenvalue weighted by Gasteiger charge is -2.11. The van der Waals surface area contributed by atoms with Crippen LogP contribution in [0.1, 0.15) is 16.3 Å². The second-order valence-electron chi connectivity index (χ2n) is 6.12. The molecule has 0 bridgehead atoms. The highest BCUT2D eigenvalue weighted by Gasteiger charge is 2.16. The molecule has 12 heteroatoms. The molecule has 0 saturated heterocycles. The smallest absolute Gasteiger partial charge is 0.387 e. The molecule has 9 nitrogen and oxygen atoms in total. The van der Waals surface area contributed by atoms with Gasteiger partial charge in [-0.1, -0.05) is 11.6 Å². The lowest BCUT2D eigenvalue weighted by molar-refractivity contribution is -0.384. The van der Waals surface area contributed by atoms with Crippen LogP contribution in [0.4, 0.5) is 20.2 Å². The van der Waals surface area contributed by atoms with E-state index in [-0.39, 0.29) is 46.0 Å². The summed E-state index contributed by atoms with van der Waals surface area (Å²) in [4.78, 5) is 22.6. The molecule has 2 aromatic carbocycles. The van der Waals surface area contributed by atoms with E-state index in [9.17, 15) is 23.7 Å². The van der Waals surface area contributed by atoms with Gasteiger partial charge in [0.1, 0.15) is 18.1 Å². The summed E-state index contributed by atoms with van der Waals surface area (Å²) >= 11 is 5.96. The van der Waals surface area contributed by atoms with Crippen molar-refractivity contribution in [1.82, 2.24) is 0 Å². The highest BCUT2D eigenvalue weighted by molar-refractivity contribution is 6.32. The lowest BCUT2D eigenvalue weighted by atomic mass is 10.2. The van der Waals surface area contributed by atoms with Gasteiger partial charge in [0.25, 0.3) is 11.6 Å². The summed E-state index contributed by atoms with van der Waals surface area (Å²) in [6, 6.07) is 10.6. The van der Waals surface area contributed by atoms with E-state index >= 15 is 0 Å². The van der Waals surface area contributed by atoms with Crippen LogP contribution in [0.15, 0.2) is 52.9 Å². The number of rotatable bonds is 9. The fourth-order valence-electron chi connectivity index (χ4n) is 2.58. The number of halogens is 3. The van der Waals surface area contributed by atoms with Gasteiger partial charge >= 0.3 is 6.61 Å². The fraction of sp³-hybridized carbons (Fsp3) is 0.150. The number of nitrogens with one attached hydrogen (secondary N) is 1. The molecule has 3 aromatic rings. The number of methoxy groups -OCH3 is 1. The third-order valence-electron chi connectivity index (χ3n) is 4.02. The Morgan fingerprint density at radius 3 is 2.56 bits per heavy atom. The number of alkyl halides is 2. The zero-order valence-electron chi connectivity index (χ0n) is 16.3. The molecule has 0 saturated carbocycles. The van der Waals surface area contributed by atoms with Crippen molar-refractivity contribution in [3.63, 3.8) is 0 Å². The minimum Gasteiger partial charge on any atom is -0.493 e. The van der Waals surface area contributed by atoms with Gasteiger partial charge in [-0.3, -0.25) is 14.9 Å². The number of anilines is 1. The summed E-state index contributed by atoms with van der Waals surface area (Å²) in [6.45, 7) is -3.10. The van der Waals surface area contributed by atoms with Crippen molar-refractivity contribution in [3.05, 3.63) is 75.2 Å². The molecule has 0 radical (unpaired) electrons. The van der Waals surface area contributed by atoms with Crippen molar-refractivity contribution in [3.8, 4) is 17.2 Å². The van der Waals surface area contributed by atoms with Gasteiger partial charge in [0.05, 0.1) is 17.1 Å². The number of ether oxygens (including phenoxy) is 3. The maximum atomic E-state index is 12.4. The van der Waals surface area contributed by atoms with E-state index in [0.29, 0.717) is 5.76 Å². The minimum absolute atomic E-state index is 0.0108. The molecule has 1 heterocycles. The highest BCUT2D eigenvalue weighted by Crippen LogP contribution is 2.32. The Morgan fingerprint density at radius 1 is 1.16 bits per heavy atom. The molecule has 3 rings (SSSR count). The Bertz CT molecular complexity index is 1140. The molecule has 32 heavy (non-hydrogen) atoms. The van der Waals surface area contributed by atoms with Gasteiger partial charge in [0.15, 0.2) is 17.3 Å². The number of non-ortho nitro benzene ring substituents is 1. The molecule has 0 fully saturated rings. The lowest BCUT2D eigenvalue weighted by Crippen LogP contribution is -2.11. The van der Waals surface area contributed by atoms with Crippen LogP contribution in [0.25, 0.3) is 0 Å². The third kappa shape index (κ3) is 5.64. The number of nitro groups is 1. The number of furan rings is 1. The van der Waals surface area contributed by atoms with Crippen LogP contribution < -0.4 is 19.5 Å². The Balaban J connectivity index is 1.63. The van der Waals surface area contributed by atoms with Crippen LogP contribution in [0.3, 0.4) is 0 Å². The van der Waals surface area contributed by atoms with Crippen molar-refractivity contribution in [1.29, 1.82) is 0 Å². The first-order valence-electron chi connectivity index (χ1n) is 8.86. The monoisotopic (exact) mass is 468 g/mol. The van der Waals surface area contributed by atoms with Gasteiger partial charge in [0, 0.05) is 23.9 Å². The molecule has 0 unspecified atom stereocenters. The van der Waals surface area contributed by atoms with Crippen LogP contribution in [0.2, 0.25) is 5.02 Å². The zero-order chi connectivity index (χ0) is 23.3. The van der Waals surface area contributed by atoms with E-state index in [1.165, 1.54) is 49.6 Å². The molecule has 0 atom stereocenters. The second-order valence-corrected chi connectivity index (χ2v) is 6.53. The summed E-state index contributed by atoms with van der Waals surface area (Å²) in [7, 11) is 1.27. The topological polar surface area (TPSA) is 113 Å². The molecule has 0 spiro atoms. The van der Waals surface area contributed by atoms with Crippen LogP contribution in [-0.4, -0.2) is 24.6 Å². The molecule has 0 aliphatic heterocycles. The minimum atomic E-state index is -3.02. The van der Waals surface area contributed by atoms with Gasteiger partial charge in [-0.05, 0) is 30.3 Å². The van der Waals surface area contributed by atoms with Crippen LogP contribution in [-0.2, 0) is 6.61 Å². The average Bonchev–Trinajstić information content (AvgIpc) is 3.22. The third-order valence-corrected chi connectivity index (χ3v) is 4.31. The number of amides is 1. The molecule has 0 aliphatic carbocycles. The number of hydrogen-bond donors (Lipinski definition) is 1. The van der Waals surface area contributed by atoms with Crippen molar-refractivity contribution < 1.29 is 37.1 Å². The molecular formula is C20H15ClF2N2O7. The number of nitro benzene ring substituents is 1. The quantitative estimate of drug-likeness (QED) is 0.335. The zero-order valence-corrected chi connectivity index (χ0v) is 17.1. The number of carbonyl (C=O) groups excluding carboxylic acids is 1. The van der Waals surface area contributed by atoms with E-state index in [4.69, 9.17) is 25.5 Å². The standard InChI is InChI=1S/C20H15ClF2N2O7/c1-29-18-8-11(2-5-16(18)32-20(22)23)24-19(26)17-7-4-13(31-17)10-30-15-6-3-12(25(27)28)9-14(15)21/h2-9,20H,10H2,1H3,(H,24,26). The van der Waals surface area contributed by atoms with Crippen molar-refractivity contribution in [2.75, 3.05) is 12.4 Å². The first kappa shape index (κ1) is 22.8. The summed E-state index contributed by atoms with van der Waals surface area (Å²) in [5, 5.41) is 13.3.